The molecule has 2 aliphatic heterocycles. The lowest BCUT2D eigenvalue weighted by molar-refractivity contribution is -0.258. The van der Waals surface area contributed by atoms with Gasteiger partial charge in [-0.3, -0.25) is 9.69 Å². The highest BCUT2D eigenvalue weighted by molar-refractivity contribution is 7.91. The monoisotopic (exact) mass is 605 g/mol. The topological polar surface area (TPSA) is 99.6 Å². The molecule has 0 radical (unpaired) electrons. The molecule has 14 heteroatoms. The molecule has 1 N–H and O–H groups in total. The number of halogens is 3. The third kappa shape index (κ3) is 6.63. The van der Waals surface area contributed by atoms with E-state index >= 15 is 0 Å². The van der Waals surface area contributed by atoms with Crippen molar-refractivity contribution in [1.82, 2.24) is 9.21 Å². The molecule has 3 heterocycles. The van der Waals surface area contributed by atoms with Gasteiger partial charge in [0, 0.05) is 44.5 Å². The lowest BCUT2D eigenvalue weighted by atomic mass is 9.95. The number of thiophene rings is 1. The van der Waals surface area contributed by atoms with Crippen LogP contribution in [-0.4, -0.2) is 99.5 Å². The maximum Gasteiger partial charge on any atom is 0.421 e. The van der Waals surface area contributed by atoms with Crippen LogP contribution in [0.1, 0.15) is 25.8 Å². The van der Waals surface area contributed by atoms with Gasteiger partial charge in [-0.1, -0.05) is 18.2 Å². The molecule has 0 aliphatic carbocycles. The zero-order valence-corrected chi connectivity index (χ0v) is 24.0. The zero-order valence-electron chi connectivity index (χ0n) is 22.3. The van der Waals surface area contributed by atoms with E-state index in [2.05, 4.69) is 4.90 Å². The molecule has 2 aromatic rings. The van der Waals surface area contributed by atoms with Crippen LogP contribution in [0.5, 0.6) is 0 Å². The van der Waals surface area contributed by atoms with Gasteiger partial charge in [0.1, 0.15) is 4.21 Å². The van der Waals surface area contributed by atoms with Gasteiger partial charge in [0.05, 0.1) is 32.3 Å². The number of hydrogen-bond donors (Lipinski definition) is 1. The van der Waals surface area contributed by atoms with Crippen LogP contribution in [0.15, 0.2) is 46.0 Å². The van der Waals surface area contributed by atoms with Crippen molar-refractivity contribution in [3.63, 3.8) is 0 Å². The van der Waals surface area contributed by atoms with Crippen LogP contribution in [0.25, 0.3) is 0 Å². The Bertz CT molecular complexity index is 1240. The number of ether oxygens (including phenoxy) is 2. The summed E-state index contributed by atoms with van der Waals surface area (Å²) in [5, 5.41) is 11.8. The van der Waals surface area contributed by atoms with Crippen molar-refractivity contribution < 1.29 is 41.0 Å². The second kappa shape index (κ2) is 12.3. The van der Waals surface area contributed by atoms with Crippen molar-refractivity contribution >= 4 is 33.0 Å². The number of sulfonamides is 1. The number of esters is 1. The van der Waals surface area contributed by atoms with Gasteiger partial charge in [-0.2, -0.15) is 17.5 Å². The Labute approximate surface area is 236 Å². The van der Waals surface area contributed by atoms with Gasteiger partial charge in [0.2, 0.25) is 0 Å². The van der Waals surface area contributed by atoms with Crippen molar-refractivity contribution in [1.29, 1.82) is 0 Å². The second-order valence-electron chi connectivity index (χ2n) is 9.99. The van der Waals surface area contributed by atoms with Gasteiger partial charge in [-0.25, -0.2) is 8.42 Å². The molecule has 2 fully saturated rings. The Morgan fingerprint density at radius 1 is 1.15 bits per heavy atom. The lowest BCUT2D eigenvalue weighted by Crippen LogP contribution is -2.60. The summed E-state index contributed by atoms with van der Waals surface area (Å²) in [5.74, 6) is -0.349. The molecule has 2 aliphatic rings. The van der Waals surface area contributed by atoms with Gasteiger partial charge in [0.15, 0.2) is 5.60 Å². The number of carbonyl (C=O) groups is 1. The molecule has 3 atom stereocenters. The first-order chi connectivity index (χ1) is 18.8. The van der Waals surface area contributed by atoms with Crippen LogP contribution in [0.3, 0.4) is 0 Å². The highest BCUT2D eigenvalue weighted by Gasteiger charge is 2.51. The average molecular weight is 606 g/mol. The van der Waals surface area contributed by atoms with E-state index in [1.54, 1.807) is 24.4 Å². The number of morpholine rings is 1. The number of carbonyl (C=O) groups excluding carboxylic acids is 1. The number of rotatable bonds is 9. The minimum Gasteiger partial charge on any atom is -0.466 e. The number of hydrogen-bond acceptors (Lipinski definition) is 9. The normalized spacial score (nSPS) is 23.1. The average Bonchev–Trinajstić information content (AvgIpc) is 3.46. The number of piperazine rings is 1. The van der Waals surface area contributed by atoms with Crippen LogP contribution in [0, 0.1) is 0 Å². The predicted molar refractivity (Wildman–Crippen MR) is 144 cm³/mol. The van der Waals surface area contributed by atoms with Crippen LogP contribution in [0.4, 0.5) is 18.9 Å². The fourth-order valence-electron chi connectivity index (χ4n) is 5.02. The molecule has 0 spiro atoms. The summed E-state index contributed by atoms with van der Waals surface area (Å²) in [4.78, 5) is 16.3. The van der Waals surface area contributed by atoms with Crippen LogP contribution < -0.4 is 4.90 Å². The number of aliphatic hydroxyl groups is 1. The van der Waals surface area contributed by atoms with Gasteiger partial charge in [0.25, 0.3) is 10.0 Å². The molecular formula is C26H34F3N3O6S2. The van der Waals surface area contributed by atoms with E-state index in [1.165, 1.54) is 28.6 Å². The van der Waals surface area contributed by atoms with E-state index in [0.717, 1.165) is 11.3 Å². The smallest absolute Gasteiger partial charge is 0.421 e. The SMILES string of the molecule is CCOC(=O)C[C@H]1COCCN1C[C@H]1CN(S(=O)(=O)c2cccs2)CCN1c1ccc([C@@](C)(O)C(F)(F)F)cc1. The molecule has 9 nitrogen and oxygen atoms in total. The number of nitrogens with zero attached hydrogens (tertiary/aromatic N) is 3. The largest absolute Gasteiger partial charge is 0.466 e. The number of benzene rings is 1. The molecule has 0 unspecified atom stereocenters. The maximum atomic E-state index is 13.4. The lowest BCUT2D eigenvalue weighted by Gasteiger charge is -2.46. The van der Waals surface area contributed by atoms with Crippen molar-refractivity contribution in [3.8, 4) is 0 Å². The van der Waals surface area contributed by atoms with Crippen molar-refractivity contribution in [3.05, 3.63) is 47.3 Å². The molecule has 4 rings (SSSR count). The third-order valence-electron chi connectivity index (χ3n) is 7.35. The molecule has 0 amide bonds. The number of anilines is 1. The van der Waals surface area contributed by atoms with E-state index in [9.17, 15) is 31.5 Å². The molecule has 1 aromatic heterocycles. The highest BCUT2D eigenvalue weighted by Crippen LogP contribution is 2.39. The first-order valence-electron chi connectivity index (χ1n) is 13.0. The standard InChI is InChI=1S/C26H34F3N3O6S2/c1-3-38-23(33)15-21-18-37-13-12-30(21)16-22-17-31(40(35,36)24-5-4-14-39-24)10-11-32(22)20-8-6-19(7-9-20)25(2,34)26(27,28)29/h4-9,14,21-22,34H,3,10-13,15-18H2,1-2H3/t21-,22-,25+/m0/s1. The fraction of sp³-hybridized carbons (Fsp3) is 0.577. The van der Waals surface area contributed by atoms with Gasteiger partial charge in [-0.05, 0) is 43.0 Å². The molecule has 1 aromatic carbocycles. The van der Waals surface area contributed by atoms with E-state index in [-0.39, 0.29) is 53.9 Å². The van der Waals surface area contributed by atoms with Crippen molar-refractivity contribution in [2.75, 3.05) is 57.4 Å². The third-order valence-corrected chi connectivity index (χ3v) is 10.6. The highest BCUT2D eigenvalue weighted by atomic mass is 32.2. The molecule has 222 valence electrons. The minimum absolute atomic E-state index is 0.124. The molecule has 40 heavy (non-hydrogen) atoms. The van der Waals surface area contributed by atoms with E-state index < -0.39 is 21.8 Å². The van der Waals surface area contributed by atoms with E-state index in [1.807, 2.05) is 4.90 Å². The zero-order chi connectivity index (χ0) is 29.1. The van der Waals surface area contributed by atoms with Crippen LogP contribution >= 0.6 is 11.3 Å². The Morgan fingerprint density at radius 2 is 1.88 bits per heavy atom. The molecular weight excluding hydrogens is 571 g/mol. The number of alkyl halides is 3. The van der Waals surface area contributed by atoms with Crippen molar-refractivity contribution in [2.45, 2.75) is 48.3 Å². The van der Waals surface area contributed by atoms with Crippen LogP contribution in [0.2, 0.25) is 0 Å². The van der Waals surface area contributed by atoms with Crippen molar-refractivity contribution in [2.24, 2.45) is 0 Å². The molecule has 0 bridgehead atoms. The Hall–Kier alpha value is -2.23. The maximum absolute atomic E-state index is 13.4. The van der Waals surface area contributed by atoms with E-state index in [4.69, 9.17) is 9.47 Å². The Kier molecular flexibility index (Phi) is 9.47. The summed E-state index contributed by atoms with van der Waals surface area (Å²) in [6, 6.07) is 8.12. The van der Waals surface area contributed by atoms with E-state index in [0.29, 0.717) is 45.5 Å². The van der Waals surface area contributed by atoms with Gasteiger partial charge >= 0.3 is 12.1 Å². The first-order valence-corrected chi connectivity index (χ1v) is 15.3. The van der Waals surface area contributed by atoms with Gasteiger partial charge in [-0.15, -0.1) is 11.3 Å². The summed E-state index contributed by atoms with van der Waals surface area (Å²) in [5.41, 5.74) is -2.69. The Morgan fingerprint density at radius 3 is 2.50 bits per heavy atom. The summed E-state index contributed by atoms with van der Waals surface area (Å²) >= 11 is 1.14. The Balaban J connectivity index is 1.61. The molecule has 0 saturated carbocycles. The quantitative estimate of drug-likeness (QED) is 0.436. The minimum atomic E-state index is -4.84. The van der Waals surface area contributed by atoms with Gasteiger partial charge < -0.3 is 19.5 Å². The molecule has 2 saturated heterocycles. The first kappa shape index (κ1) is 30.7. The second-order valence-corrected chi connectivity index (χ2v) is 13.1. The predicted octanol–water partition coefficient (Wildman–Crippen LogP) is 3.05. The summed E-state index contributed by atoms with van der Waals surface area (Å²) < 4.78 is 79.2. The summed E-state index contributed by atoms with van der Waals surface area (Å²) in [6.45, 7) is 5.03. The summed E-state index contributed by atoms with van der Waals surface area (Å²) in [6.07, 6.45) is -4.72. The fourth-order valence-corrected chi connectivity index (χ4v) is 7.63. The summed E-state index contributed by atoms with van der Waals surface area (Å²) in [7, 11) is -3.73. The van der Waals surface area contributed by atoms with Crippen LogP contribution in [-0.2, 0) is 29.9 Å².